The highest BCUT2D eigenvalue weighted by molar-refractivity contribution is 7.85. The van der Waals surface area contributed by atoms with Crippen molar-refractivity contribution in [3.63, 3.8) is 0 Å². The zero-order valence-electron chi connectivity index (χ0n) is 32.5. The van der Waals surface area contributed by atoms with Gasteiger partial charge in [-0.3, -0.25) is 0 Å². The van der Waals surface area contributed by atoms with Crippen LogP contribution in [0.25, 0.3) is 43.8 Å². The second-order valence-electron chi connectivity index (χ2n) is 15.1. The molecule has 0 aliphatic rings. The van der Waals surface area contributed by atoms with Crippen molar-refractivity contribution < 1.29 is 4.57 Å². The van der Waals surface area contributed by atoms with Crippen LogP contribution >= 0.6 is 7.14 Å². The maximum atomic E-state index is 15.3. The number of fused-ring (bicyclic) bond motifs is 2. The molecule has 0 bridgehead atoms. The van der Waals surface area contributed by atoms with Crippen molar-refractivity contribution in [2.45, 2.75) is 0 Å². The predicted octanol–water partition coefficient (Wildman–Crippen LogP) is 10.3. The van der Waals surface area contributed by atoms with Crippen LogP contribution in [0.15, 0.2) is 249 Å². The average molecular weight is 789 g/mol. The summed E-state index contributed by atoms with van der Waals surface area (Å²) in [5.74, 6) is 0. The second kappa shape index (κ2) is 15.5. The van der Waals surface area contributed by atoms with Gasteiger partial charge in [0.1, 0.15) is 0 Å². The molecule has 0 atom stereocenters. The topological polar surface area (TPSA) is 17.1 Å². The third-order valence-electron chi connectivity index (χ3n) is 11.9. The first-order valence-corrected chi connectivity index (χ1v) is 23.9. The lowest BCUT2D eigenvalue weighted by molar-refractivity contribution is 0.592. The first-order valence-electron chi connectivity index (χ1n) is 20.2. The van der Waals surface area contributed by atoms with Crippen molar-refractivity contribution >= 4 is 73.4 Å². The van der Waals surface area contributed by atoms with Gasteiger partial charge in [0.05, 0.1) is 0 Å². The molecule has 10 aromatic carbocycles. The Kier molecular flexibility index (Phi) is 9.59. The Morgan fingerprint density at radius 3 is 1.00 bits per heavy atom. The molecule has 0 heterocycles. The highest BCUT2D eigenvalue weighted by Gasteiger charge is 2.41. The highest BCUT2D eigenvalue weighted by atomic mass is 31.2. The lowest BCUT2D eigenvalue weighted by atomic mass is 9.86. The summed E-state index contributed by atoms with van der Waals surface area (Å²) in [6.07, 6.45) is 0. The smallest absolute Gasteiger partial charge is 0.179 e. The van der Waals surface area contributed by atoms with Crippen LogP contribution in [0.4, 0.5) is 0 Å². The zero-order chi connectivity index (χ0) is 39.7. The lowest BCUT2D eigenvalue weighted by Gasteiger charge is -2.34. The van der Waals surface area contributed by atoms with Gasteiger partial charge in [0, 0.05) is 15.9 Å². The molecule has 0 saturated carbocycles. The maximum absolute atomic E-state index is 15.3. The van der Waals surface area contributed by atoms with E-state index in [9.17, 15) is 0 Å². The van der Waals surface area contributed by atoms with Crippen LogP contribution in [-0.2, 0) is 4.57 Å². The van der Waals surface area contributed by atoms with E-state index in [-0.39, 0.29) is 0 Å². The van der Waals surface area contributed by atoms with Crippen LogP contribution < -0.4 is 36.7 Å². The Labute approximate surface area is 347 Å². The van der Waals surface area contributed by atoms with Crippen molar-refractivity contribution in [3.8, 4) is 22.3 Å². The van der Waals surface area contributed by atoms with E-state index in [1.165, 1.54) is 59.0 Å². The molecule has 59 heavy (non-hydrogen) atoms. The van der Waals surface area contributed by atoms with E-state index < -0.39 is 15.2 Å². The summed E-state index contributed by atoms with van der Waals surface area (Å²) in [5.41, 5.74) is 4.70. The Morgan fingerprint density at radius 1 is 0.271 bits per heavy atom. The molecule has 0 saturated heterocycles. The third-order valence-corrected chi connectivity index (χ3v) is 19.7. The number of benzene rings is 10. The van der Waals surface area contributed by atoms with E-state index in [1.807, 2.05) is 60.7 Å². The SMILES string of the molecule is O=P(c1ccccc1)(c1ccccc1)c1ccc(-c2c3ccccc3c(-c3cccc([Si](c4ccccc4)(c4ccccc4)c4ccccc4)c3)c3ccccc23)cc1. The van der Waals surface area contributed by atoms with E-state index in [1.54, 1.807) is 0 Å². The van der Waals surface area contributed by atoms with Gasteiger partial charge in [0.2, 0.25) is 0 Å². The first kappa shape index (κ1) is 36.5. The van der Waals surface area contributed by atoms with Gasteiger partial charge in [-0.25, -0.2) is 0 Å². The molecule has 0 unspecified atom stereocenters. The molecule has 0 spiro atoms. The van der Waals surface area contributed by atoms with E-state index in [4.69, 9.17) is 0 Å². The van der Waals surface area contributed by atoms with Crippen LogP contribution in [0.1, 0.15) is 0 Å². The molecule has 0 amide bonds. The molecule has 10 aromatic rings. The summed E-state index contributed by atoms with van der Waals surface area (Å²) in [4.78, 5) is 0. The van der Waals surface area contributed by atoms with Gasteiger partial charge in [-0.05, 0) is 64.5 Å². The monoisotopic (exact) mass is 788 g/mol. The molecule has 0 aliphatic carbocycles. The fraction of sp³-hybridized carbons (Fsp3) is 0. The number of rotatable bonds is 9. The first-order chi connectivity index (χ1) is 29.2. The predicted molar refractivity (Wildman–Crippen MR) is 255 cm³/mol. The standard InChI is InChI=1S/C56H41OPSi/c57-58(44-22-6-1-7-23-44,45-24-8-2-9-25-45)46-39-37-42(38-40-46)55-51-33-16-18-35-53(51)56(54-36-19-17-34-52(54)55)43-21-20-32-50(41-43)59(47-26-10-3-11-27-47,48-28-12-4-13-29-48)49-30-14-5-15-31-49/h1-41H. The van der Waals surface area contributed by atoms with Gasteiger partial charge < -0.3 is 4.57 Å². The van der Waals surface area contributed by atoms with E-state index in [2.05, 4.69) is 188 Å². The molecule has 0 N–H and O–H groups in total. The zero-order valence-corrected chi connectivity index (χ0v) is 34.4. The van der Waals surface area contributed by atoms with E-state index >= 15 is 4.57 Å². The molecule has 0 radical (unpaired) electrons. The number of hydrogen-bond donors (Lipinski definition) is 0. The van der Waals surface area contributed by atoms with Gasteiger partial charge >= 0.3 is 0 Å². The van der Waals surface area contributed by atoms with Gasteiger partial charge in [0.15, 0.2) is 15.2 Å². The van der Waals surface area contributed by atoms with Crippen LogP contribution in [0.5, 0.6) is 0 Å². The van der Waals surface area contributed by atoms with Gasteiger partial charge in [-0.15, -0.1) is 0 Å². The fourth-order valence-electron chi connectivity index (χ4n) is 9.28. The summed E-state index contributed by atoms with van der Waals surface area (Å²) in [6.45, 7) is 0. The minimum atomic E-state index is -3.11. The summed E-state index contributed by atoms with van der Waals surface area (Å²) in [6, 6.07) is 88.7. The Bertz CT molecular complexity index is 2900. The van der Waals surface area contributed by atoms with Crippen molar-refractivity contribution in [2.75, 3.05) is 0 Å². The second-order valence-corrected chi connectivity index (χ2v) is 21.7. The van der Waals surface area contributed by atoms with E-state index in [0.29, 0.717) is 0 Å². The molecule has 10 rings (SSSR count). The average Bonchev–Trinajstić information content (AvgIpc) is 3.32. The van der Waals surface area contributed by atoms with Crippen LogP contribution in [0.2, 0.25) is 0 Å². The van der Waals surface area contributed by atoms with Crippen LogP contribution in [0, 0.1) is 0 Å². The fourth-order valence-corrected chi connectivity index (χ4v) is 16.7. The Balaban J connectivity index is 1.18. The molecule has 1 nitrogen and oxygen atoms in total. The maximum Gasteiger partial charge on any atom is 0.179 e. The van der Waals surface area contributed by atoms with Crippen molar-refractivity contribution in [2.24, 2.45) is 0 Å². The molecule has 280 valence electrons. The van der Waals surface area contributed by atoms with Crippen molar-refractivity contribution in [1.29, 1.82) is 0 Å². The molecule has 3 heteroatoms. The Morgan fingerprint density at radius 2 is 0.593 bits per heavy atom. The largest absolute Gasteiger partial charge is 0.309 e. The van der Waals surface area contributed by atoms with Gasteiger partial charge in [-0.1, -0.05) is 249 Å². The third kappa shape index (κ3) is 6.21. The molecule has 0 aliphatic heterocycles. The van der Waals surface area contributed by atoms with Gasteiger partial charge in [-0.2, -0.15) is 0 Å². The number of hydrogen-bond acceptors (Lipinski definition) is 1. The Hall–Kier alpha value is -6.83. The normalized spacial score (nSPS) is 11.8. The molecule has 0 fully saturated rings. The summed E-state index contributed by atoms with van der Waals surface area (Å²) in [7, 11) is -5.87. The van der Waals surface area contributed by atoms with Crippen molar-refractivity contribution in [3.05, 3.63) is 249 Å². The minimum absolute atomic E-state index is 0.823. The summed E-state index contributed by atoms with van der Waals surface area (Å²) >= 11 is 0. The minimum Gasteiger partial charge on any atom is -0.309 e. The molecular weight excluding hydrogens is 748 g/mol. The summed E-state index contributed by atoms with van der Waals surface area (Å²) < 4.78 is 15.3. The summed E-state index contributed by atoms with van der Waals surface area (Å²) in [5, 5.41) is 12.7. The van der Waals surface area contributed by atoms with Crippen molar-refractivity contribution in [1.82, 2.24) is 0 Å². The van der Waals surface area contributed by atoms with Gasteiger partial charge in [0.25, 0.3) is 0 Å². The molecular formula is C56H41OPSi. The molecule has 0 aromatic heterocycles. The van der Waals surface area contributed by atoms with E-state index in [0.717, 1.165) is 21.5 Å². The van der Waals surface area contributed by atoms with Crippen LogP contribution in [-0.4, -0.2) is 8.07 Å². The highest BCUT2D eigenvalue weighted by Crippen LogP contribution is 2.45. The lowest BCUT2D eigenvalue weighted by Crippen LogP contribution is -2.74. The quantitative estimate of drug-likeness (QED) is 0.0616. The van der Waals surface area contributed by atoms with Crippen LogP contribution in [0.3, 0.4) is 0 Å².